The molecule has 0 saturated carbocycles. The maximum Gasteiger partial charge on any atom is 0.253 e. The van der Waals surface area contributed by atoms with Crippen LogP contribution in [0.5, 0.6) is 0 Å². The zero-order chi connectivity index (χ0) is 12.5. The number of nitrogens with zero attached hydrogens (tertiary/aromatic N) is 1. The molecule has 3 nitrogen and oxygen atoms in total. The normalized spacial score (nSPS) is 18.4. The lowest BCUT2D eigenvalue weighted by Crippen LogP contribution is -2.30. The Bertz CT molecular complexity index is 426. The van der Waals surface area contributed by atoms with Gasteiger partial charge < -0.3 is 10.6 Å². The summed E-state index contributed by atoms with van der Waals surface area (Å²) in [5.74, 6) is 0.130. The smallest absolute Gasteiger partial charge is 0.253 e. The molecule has 0 unspecified atom stereocenters. The topological polar surface area (TPSA) is 46.3 Å². The van der Waals surface area contributed by atoms with Gasteiger partial charge in [-0.25, -0.2) is 0 Å². The van der Waals surface area contributed by atoms with Gasteiger partial charge in [0.25, 0.3) is 5.91 Å². The third-order valence-corrected chi connectivity index (χ3v) is 3.37. The Balaban J connectivity index is 2.15. The van der Waals surface area contributed by atoms with E-state index in [1.165, 1.54) is 0 Å². The molecule has 3 heteroatoms. The Morgan fingerprint density at radius 2 is 2.24 bits per heavy atom. The number of carbonyl (C=O) groups excluding carboxylic acids is 1. The first kappa shape index (κ1) is 12.1. The second-order valence-electron chi connectivity index (χ2n) is 5.55. The average Bonchev–Trinajstić information content (AvgIpc) is 2.69. The summed E-state index contributed by atoms with van der Waals surface area (Å²) in [6, 6.07) is 7.61. The number of carbonyl (C=O) groups is 1. The van der Waals surface area contributed by atoms with Crippen LogP contribution in [0.3, 0.4) is 0 Å². The van der Waals surface area contributed by atoms with Crippen LogP contribution in [-0.4, -0.2) is 23.9 Å². The Kier molecular flexibility index (Phi) is 3.20. The third-order valence-electron chi connectivity index (χ3n) is 3.37. The fourth-order valence-electron chi connectivity index (χ4n) is 2.30. The first-order valence-electron chi connectivity index (χ1n) is 6.10. The van der Waals surface area contributed by atoms with E-state index in [1.807, 2.05) is 29.2 Å². The maximum atomic E-state index is 12.3. The first-order valence-corrected chi connectivity index (χ1v) is 6.10. The highest BCUT2D eigenvalue weighted by molar-refractivity contribution is 5.94. The van der Waals surface area contributed by atoms with Gasteiger partial charge in [-0.05, 0) is 29.5 Å². The van der Waals surface area contributed by atoms with E-state index in [2.05, 4.69) is 13.8 Å². The zero-order valence-corrected chi connectivity index (χ0v) is 10.6. The van der Waals surface area contributed by atoms with Gasteiger partial charge in [0, 0.05) is 25.2 Å². The molecule has 1 fully saturated rings. The second-order valence-corrected chi connectivity index (χ2v) is 5.55. The number of amides is 1. The monoisotopic (exact) mass is 232 g/mol. The molecule has 0 radical (unpaired) electrons. The summed E-state index contributed by atoms with van der Waals surface area (Å²) in [6.45, 7) is 6.59. The van der Waals surface area contributed by atoms with Crippen LogP contribution in [0.4, 0.5) is 0 Å². The molecule has 2 N–H and O–H groups in total. The minimum absolute atomic E-state index is 0.130. The van der Waals surface area contributed by atoms with Crippen molar-refractivity contribution in [1.82, 2.24) is 4.90 Å². The van der Waals surface area contributed by atoms with Crippen molar-refractivity contribution in [2.45, 2.75) is 26.8 Å². The fourth-order valence-corrected chi connectivity index (χ4v) is 2.30. The van der Waals surface area contributed by atoms with Crippen LogP contribution in [-0.2, 0) is 6.54 Å². The highest BCUT2D eigenvalue weighted by Gasteiger charge is 2.32. The van der Waals surface area contributed by atoms with Crippen molar-refractivity contribution >= 4 is 5.91 Å². The van der Waals surface area contributed by atoms with E-state index in [0.29, 0.717) is 6.54 Å². The first-order chi connectivity index (χ1) is 8.02. The van der Waals surface area contributed by atoms with Crippen LogP contribution in [0.25, 0.3) is 0 Å². The lowest BCUT2D eigenvalue weighted by Gasteiger charge is -2.20. The Morgan fingerprint density at radius 3 is 2.82 bits per heavy atom. The number of hydrogen-bond acceptors (Lipinski definition) is 2. The largest absolute Gasteiger partial charge is 0.338 e. The highest BCUT2D eigenvalue weighted by atomic mass is 16.2. The van der Waals surface area contributed by atoms with E-state index >= 15 is 0 Å². The SMILES string of the molecule is CC1(C)CCN(C(=O)c2cccc(CN)c2)C1. The molecule has 1 aliphatic rings. The molecule has 0 aliphatic carbocycles. The molecule has 92 valence electrons. The van der Waals surface area contributed by atoms with Gasteiger partial charge in [-0.15, -0.1) is 0 Å². The number of likely N-dealkylation sites (tertiary alicyclic amines) is 1. The molecular weight excluding hydrogens is 212 g/mol. The number of nitrogens with two attached hydrogens (primary N) is 1. The lowest BCUT2D eigenvalue weighted by molar-refractivity contribution is 0.0778. The summed E-state index contributed by atoms with van der Waals surface area (Å²) in [4.78, 5) is 14.2. The quantitative estimate of drug-likeness (QED) is 0.848. The van der Waals surface area contributed by atoms with Crippen LogP contribution in [0.15, 0.2) is 24.3 Å². The van der Waals surface area contributed by atoms with Crippen molar-refractivity contribution in [2.75, 3.05) is 13.1 Å². The molecule has 0 spiro atoms. The molecular formula is C14H20N2O. The molecule has 1 aromatic carbocycles. The van der Waals surface area contributed by atoms with Crippen molar-refractivity contribution in [3.8, 4) is 0 Å². The summed E-state index contributed by atoms with van der Waals surface area (Å²) in [5, 5.41) is 0. The van der Waals surface area contributed by atoms with E-state index in [-0.39, 0.29) is 11.3 Å². The van der Waals surface area contributed by atoms with E-state index in [4.69, 9.17) is 5.73 Å². The van der Waals surface area contributed by atoms with Crippen LogP contribution in [0.2, 0.25) is 0 Å². The molecule has 2 rings (SSSR count). The Labute approximate surface area is 103 Å². The molecule has 1 saturated heterocycles. The fraction of sp³-hybridized carbons (Fsp3) is 0.500. The van der Waals surface area contributed by atoms with Gasteiger partial charge in [0.05, 0.1) is 0 Å². The Hall–Kier alpha value is -1.35. The summed E-state index contributed by atoms with van der Waals surface area (Å²) < 4.78 is 0. The summed E-state index contributed by atoms with van der Waals surface area (Å²) in [6.07, 6.45) is 1.08. The molecule has 1 amide bonds. The summed E-state index contributed by atoms with van der Waals surface area (Å²) >= 11 is 0. The highest BCUT2D eigenvalue weighted by Crippen LogP contribution is 2.29. The van der Waals surface area contributed by atoms with Gasteiger partial charge >= 0.3 is 0 Å². The van der Waals surface area contributed by atoms with Crippen LogP contribution < -0.4 is 5.73 Å². The van der Waals surface area contributed by atoms with Crippen molar-refractivity contribution in [3.05, 3.63) is 35.4 Å². The van der Waals surface area contributed by atoms with Crippen LogP contribution in [0.1, 0.15) is 36.2 Å². The molecule has 1 aliphatic heterocycles. The third kappa shape index (κ3) is 2.67. The van der Waals surface area contributed by atoms with Crippen molar-refractivity contribution in [1.29, 1.82) is 0 Å². The minimum Gasteiger partial charge on any atom is -0.338 e. The van der Waals surface area contributed by atoms with Crippen molar-refractivity contribution in [3.63, 3.8) is 0 Å². The van der Waals surface area contributed by atoms with Gasteiger partial charge in [-0.2, -0.15) is 0 Å². The van der Waals surface area contributed by atoms with E-state index in [1.54, 1.807) is 0 Å². The molecule has 1 aromatic rings. The van der Waals surface area contributed by atoms with Gasteiger partial charge in [0.2, 0.25) is 0 Å². The number of benzene rings is 1. The van der Waals surface area contributed by atoms with Crippen molar-refractivity contribution in [2.24, 2.45) is 11.1 Å². The molecule has 0 atom stereocenters. The van der Waals surface area contributed by atoms with E-state index in [9.17, 15) is 4.79 Å². The molecule has 1 heterocycles. The summed E-state index contributed by atoms with van der Waals surface area (Å²) in [5.41, 5.74) is 7.61. The standard InChI is InChI=1S/C14H20N2O/c1-14(2)6-7-16(10-14)13(17)12-5-3-4-11(8-12)9-15/h3-5,8H,6-7,9-10,15H2,1-2H3. The van der Waals surface area contributed by atoms with Crippen LogP contribution in [0, 0.1) is 5.41 Å². The molecule has 0 bridgehead atoms. The van der Waals surface area contributed by atoms with Crippen LogP contribution >= 0.6 is 0 Å². The maximum absolute atomic E-state index is 12.3. The van der Waals surface area contributed by atoms with E-state index in [0.717, 1.165) is 30.6 Å². The van der Waals surface area contributed by atoms with Crippen molar-refractivity contribution < 1.29 is 4.79 Å². The number of hydrogen-bond donors (Lipinski definition) is 1. The zero-order valence-electron chi connectivity index (χ0n) is 10.6. The average molecular weight is 232 g/mol. The Morgan fingerprint density at radius 1 is 1.47 bits per heavy atom. The minimum atomic E-state index is 0.130. The van der Waals surface area contributed by atoms with Gasteiger partial charge in [0.15, 0.2) is 0 Å². The molecule has 17 heavy (non-hydrogen) atoms. The van der Waals surface area contributed by atoms with Gasteiger partial charge in [-0.3, -0.25) is 4.79 Å². The number of rotatable bonds is 2. The molecule has 0 aromatic heterocycles. The van der Waals surface area contributed by atoms with Gasteiger partial charge in [0.1, 0.15) is 0 Å². The predicted octanol–water partition coefficient (Wildman–Crippen LogP) is 2.02. The second kappa shape index (κ2) is 4.49. The lowest BCUT2D eigenvalue weighted by atomic mass is 9.93. The van der Waals surface area contributed by atoms with E-state index < -0.39 is 0 Å². The summed E-state index contributed by atoms with van der Waals surface area (Å²) in [7, 11) is 0. The van der Waals surface area contributed by atoms with Gasteiger partial charge in [-0.1, -0.05) is 26.0 Å². The predicted molar refractivity (Wildman–Crippen MR) is 68.6 cm³/mol.